The van der Waals surface area contributed by atoms with Crippen LogP contribution in [0.1, 0.15) is 10.4 Å². The number of thiophene rings is 1. The normalized spacial score (nSPS) is 10.0. The van der Waals surface area contributed by atoms with E-state index in [2.05, 4.69) is 39.4 Å². The number of halogens is 1. The fourth-order valence-corrected chi connectivity index (χ4v) is 3.06. The highest BCUT2D eigenvalue weighted by Crippen LogP contribution is 2.22. The van der Waals surface area contributed by atoms with Gasteiger partial charge in [0.15, 0.2) is 0 Å². The molecule has 3 N–H and O–H groups in total. The number of hydrogen-bond donors (Lipinski definition) is 2. The van der Waals surface area contributed by atoms with Gasteiger partial charge in [-0.1, -0.05) is 0 Å². The lowest BCUT2D eigenvalue weighted by atomic mass is 10.2. The highest BCUT2D eigenvalue weighted by Gasteiger charge is 2.01. The van der Waals surface area contributed by atoms with Crippen LogP contribution >= 0.6 is 27.3 Å². The molecule has 1 aromatic heterocycles. The summed E-state index contributed by atoms with van der Waals surface area (Å²) in [6.45, 7) is 0.835. The highest BCUT2D eigenvalue weighted by atomic mass is 79.9. The molecule has 0 fully saturated rings. The molecule has 3 nitrogen and oxygen atoms in total. The number of rotatable bonds is 4. The second-order valence-electron chi connectivity index (χ2n) is 3.80. The van der Waals surface area contributed by atoms with Crippen LogP contribution in [0.2, 0.25) is 0 Å². The van der Waals surface area contributed by atoms with Gasteiger partial charge in [0, 0.05) is 22.8 Å². The highest BCUT2D eigenvalue weighted by molar-refractivity contribution is 9.11. The van der Waals surface area contributed by atoms with Gasteiger partial charge in [0.1, 0.15) is 6.07 Å². The number of hydrogen-bond acceptors (Lipinski definition) is 4. The minimum Gasteiger partial charge on any atom is -0.398 e. The van der Waals surface area contributed by atoms with E-state index in [0.29, 0.717) is 11.3 Å². The Morgan fingerprint density at radius 3 is 2.83 bits per heavy atom. The summed E-state index contributed by atoms with van der Waals surface area (Å²) in [4.78, 5) is 1.32. The van der Waals surface area contributed by atoms with Gasteiger partial charge in [0.2, 0.25) is 0 Å². The predicted molar refractivity (Wildman–Crippen MR) is 79.8 cm³/mol. The Hall–Kier alpha value is -1.51. The number of benzene rings is 1. The minimum atomic E-state index is 0.513. The van der Waals surface area contributed by atoms with Crippen molar-refractivity contribution in [2.45, 2.75) is 6.42 Å². The van der Waals surface area contributed by atoms with Crippen molar-refractivity contribution < 1.29 is 0 Å². The lowest BCUT2D eigenvalue weighted by molar-refractivity contribution is 1.04. The van der Waals surface area contributed by atoms with E-state index in [-0.39, 0.29) is 0 Å². The van der Waals surface area contributed by atoms with Gasteiger partial charge in [-0.15, -0.1) is 11.3 Å². The molecular weight excluding hydrogens is 310 g/mol. The van der Waals surface area contributed by atoms with Gasteiger partial charge in [-0.3, -0.25) is 0 Å². The molecule has 0 bridgehead atoms. The molecule has 0 radical (unpaired) electrons. The van der Waals surface area contributed by atoms with Crippen molar-refractivity contribution in [2.24, 2.45) is 0 Å². The van der Waals surface area contributed by atoms with E-state index in [0.717, 1.165) is 22.4 Å². The van der Waals surface area contributed by atoms with Gasteiger partial charge in [-0.25, -0.2) is 0 Å². The van der Waals surface area contributed by atoms with Crippen LogP contribution in [-0.2, 0) is 6.42 Å². The Kier molecular flexibility index (Phi) is 4.24. The van der Waals surface area contributed by atoms with Gasteiger partial charge in [0.05, 0.1) is 9.35 Å². The average Bonchev–Trinajstić information content (AvgIpc) is 2.77. The molecule has 1 heterocycles. The van der Waals surface area contributed by atoms with Crippen LogP contribution in [0.3, 0.4) is 0 Å². The van der Waals surface area contributed by atoms with E-state index in [9.17, 15) is 0 Å². The molecule has 18 heavy (non-hydrogen) atoms. The van der Waals surface area contributed by atoms with E-state index in [1.807, 2.05) is 6.07 Å². The Labute approximate surface area is 118 Å². The maximum Gasteiger partial charge on any atom is 0.101 e. The lowest BCUT2D eigenvalue weighted by Gasteiger charge is -2.06. The molecule has 0 aliphatic heterocycles. The van der Waals surface area contributed by atoms with Gasteiger partial charge < -0.3 is 11.1 Å². The SMILES string of the molecule is N#Cc1cc(NCCc2ccc(Br)s2)ccc1N. The first-order valence-corrected chi connectivity index (χ1v) is 7.07. The molecule has 0 saturated carbocycles. The molecule has 5 heteroatoms. The first-order valence-electron chi connectivity index (χ1n) is 5.47. The van der Waals surface area contributed by atoms with Crippen molar-refractivity contribution in [1.29, 1.82) is 5.26 Å². The van der Waals surface area contributed by atoms with Crippen molar-refractivity contribution in [3.05, 3.63) is 44.6 Å². The zero-order chi connectivity index (χ0) is 13.0. The predicted octanol–water partition coefficient (Wildman–Crippen LogP) is 3.62. The molecule has 0 atom stereocenters. The summed E-state index contributed by atoms with van der Waals surface area (Å²) in [5.74, 6) is 0. The Bertz CT molecular complexity index is 586. The molecule has 92 valence electrons. The van der Waals surface area contributed by atoms with Crippen molar-refractivity contribution in [2.75, 3.05) is 17.6 Å². The smallest absolute Gasteiger partial charge is 0.101 e. The summed E-state index contributed by atoms with van der Waals surface area (Å²) >= 11 is 5.18. The zero-order valence-electron chi connectivity index (χ0n) is 9.61. The molecule has 2 aromatic rings. The Balaban J connectivity index is 1.93. The van der Waals surface area contributed by atoms with Gasteiger partial charge in [-0.2, -0.15) is 5.26 Å². The number of nitrogens with two attached hydrogens (primary N) is 1. The van der Waals surface area contributed by atoms with Crippen molar-refractivity contribution >= 4 is 38.6 Å². The van der Waals surface area contributed by atoms with Crippen LogP contribution < -0.4 is 11.1 Å². The van der Waals surface area contributed by atoms with Crippen LogP contribution in [-0.4, -0.2) is 6.54 Å². The molecule has 0 amide bonds. The van der Waals surface area contributed by atoms with Crippen LogP contribution in [0.25, 0.3) is 0 Å². The second-order valence-corrected chi connectivity index (χ2v) is 6.34. The topological polar surface area (TPSA) is 61.8 Å². The van der Waals surface area contributed by atoms with Crippen molar-refractivity contribution in [3.63, 3.8) is 0 Å². The van der Waals surface area contributed by atoms with Crippen molar-refractivity contribution in [3.8, 4) is 6.07 Å². The standard InChI is InChI=1S/C13H12BrN3S/c14-13-4-2-11(18-13)5-6-17-10-1-3-12(16)9(7-10)8-15/h1-4,7,17H,5-6,16H2. The minimum absolute atomic E-state index is 0.513. The van der Waals surface area contributed by atoms with E-state index < -0.39 is 0 Å². The number of nitriles is 1. The van der Waals surface area contributed by atoms with Crippen LogP contribution in [0.15, 0.2) is 34.1 Å². The molecule has 0 spiro atoms. The summed E-state index contributed by atoms with van der Waals surface area (Å²) in [6.07, 6.45) is 0.961. The van der Waals surface area contributed by atoms with Gasteiger partial charge >= 0.3 is 0 Å². The summed E-state index contributed by atoms with van der Waals surface area (Å²) in [5.41, 5.74) is 7.63. The third-order valence-electron chi connectivity index (χ3n) is 2.50. The summed E-state index contributed by atoms with van der Waals surface area (Å²) < 4.78 is 1.15. The molecule has 0 unspecified atom stereocenters. The van der Waals surface area contributed by atoms with E-state index in [1.54, 1.807) is 23.5 Å². The average molecular weight is 322 g/mol. The van der Waals surface area contributed by atoms with E-state index in [4.69, 9.17) is 11.0 Å². The van der Waals surface area contributed by atoms with E-state index >= 15 is 0 Å². The van der Waals surface area contributed by atoms with Crippen LogP contribution in [0.4, 0.5) is 11.4 Å². The maximum atomic E-state index is 8.89. The third kappa shape index (κ3) is 3.25. The Morgan fingerprint density at radius 1 is 1.33 bits per heavy atom. The maximum absolute atomic E-state index is 8.89. The molecule has 0 aliphatic carbocycles. The fraction of sp³-hybridized carbons (Fsp3) is 0.154. The zero-order valence-corrected chi connectivity index (χ0v) is 12.0. The molecular formula is C13H12BrN3S. The molecule has 0 saturated heterocycles. The van der Waals surface area contributed by atoms with Crippen molar-refractivity contribution in [1.82, 2.24) is 0 Å². The summed E-state index contributed by atoms with van der Waals surface area (Å²) in [7, 11) is 0. The lowest BCUT2D eigenvalue weighted by Crippen LogP contribution is -2.04. The fourth-order valence-electron chi connectivity index (χ4n) is 1.58. The van der Waals surface area contributed by atoms with Gasteiger partial charge in [0.25, 0.3) is 0 Å². The number of anilines is 2. The quantitative estimate of drug-likeness (QED) is 0.845. The Morgan fingerprint density at radius 2 is 2.17 bits per heavy atom. The van der Waals surface area contributed by atoms with Crippen LogP contribution in [0, 0.1) is 11.3 Å². The first kappa shape index (κ1) is 12.9. The monoisotopic (exact) mass is 321 g/mol. The number of nitrogen functional groups attached to an aromatic ring is 1. The first-order chi connectivity index (χ1) is 8.69. The third-order valence-corrected chi connectivity index (χ3v) is 4.19. The molecule has 1 aromatic carbocycles. The van der Waals surface area contributed by atoms with Crippen LogP contribution in [0.5, 0.6) is 0 Å². The second kappa shape index (κ2) is 5.89. The number of nitrogens with one attached hydrogen (secondary N) is 1. The largest absolute Gasteiger partial charge is 0.398 e. The summed E-state index contributed by atoms with van der Waals surface area (Å²) in [6, 6.07) is 11.7. The molecule has 0 aliphatic rings. The summed E-state index contributed by atoms with van der Waals surface area (Å²) in [5, 5.41) is 12.2. The van der Waals surface area contributed by atoms with E-state index in [1.165, 1.54) is 4.88 Å². The molecule has 2 rings (SSSR count). The number of nitrogens with zero attached hydrogens (tertiary/aromatic N) is 1. The van der Waals surface area contributed by atoms with Gasteiger partial charge in [-0.05, 0) is 52.7 Å².